The number of methoxy groups -OCH3 is 2. The van der Waals surface area contributed by atoms with Crippen molar-refractivity contribution in [1.29, 1.82) is 0 Å². The SMILES string of the molecule is COc1cc(OC)cc(-c2nnc3n2CCC(CN)C3)c1. The van der Waals surface area contributed by atoms with Crippen molar-refractivity contribution in [3.8, 4) is 22.9 Å². The first-order valence-electron chi connectivity index (χ1n) is 7.10. The summed E-state index contributed by atoms with van der Waals surface area (Å²) in [6, 6.07) is 5.76. The van der Waals surface area contributed by atoms with Crippen molar-refractivity contribution in [2.75, 3.05) is 20.8 Å². The van der Waals surface area contributed by atoms with Crippen LogP contribution < -0.4 is 15.2 Å². The van der Waals surface area contributed by atoms with Crippen molar-refractivity contribution in [2.24, 2.45) is 11.7 Å². The van der Waals surface area contributed by atoms with E-state index in [1.54, 1.807) is 14.2 Å². The zero-order chi connectivity index (χ0) is 14.8. The van der Waals surface area contributed by atoms with E-state index in [4.69, 9.17) is 15.2 Å². The number of nitrogens with two attached hydrogens (primary N) is 1. The van der Waals surface area contributed by atoms with Crippen LogP contribution in [0.5, 0.6) is 11.5 Å². The molecule has 0 radical (unpaired) electrons. The first-order chi connectivity index (χ1) is 10.2. The molecule has 2 heterocycles. The first kappa shape index (κ1) is 13.9. The Morgan fingerprint density at radius 2 is 1.90 bits per heavy atom. The molecule has 1 aromatic carbocycles. The molecule has 6 heteroatoms. The third-order valence-corrected chi connectivity index (χ3v) is 4.00. The van der Waals surface area contributed by atoms with Crippen molar-refractivity contribution in [3.05, 3.63) is 24.0 Å². The van der Waals surface area contributed by atoms with Gasteiger partial charge in [0, 0.05) is 24.6 Å². The molecule has 0 aliphatic carbocycles. The minimum atomic E-state index is 0.509. The summed E-state index contributed by atoms with van der Waals surface area (Å²) in [5.41, 5.74) is 6.72. The second-order valence-electron chi connectivity index (χ2n) is 5.29. The molecule has 0 saturated heterocycles. The lowest BCUT2D eigenvalue weighted by Gasteiger charge is -2.22. The van der Waals surface area contributed by atoms with Crippen molar-refractivity contribution in [2.45, 2.75) is 19.4 Å². The van der Waals surface area contributed by atoms with Crippen molar-refractivity contribution >= 4 is 0 Å². The molecule has 1 aliphatic heterocycles. The topological polar surface area (TPSA) is 75.2 Å². The van der Waals surface area contributed by atoms with Crippen LogP contribution in [0, 0.1) is 5.92 Å². The standard InChI is InChI=1S/C15H20N4O2/c1-20-12-6-11(7-13(8-12)21-2)15-18-17-14-5-10(9-16)3-4-19(14)15/h6-8,10H,3-5,9,16H2,1-2H3. The maximum atomic E-state index is 5.76. The highest BCUT2D eigenvalue weighted by molar-refractivity contribution is 5.61. The number of hydrogen-bond donors (Lipinski definition) is 1. The van der Waals surface area contributed by atoms with Crippen LogP contribution in [0.1, 0.15) is 12.2 Å². The summed E-state index contributed by atoms with van der Waals surface area (Å²) in [6.07, 6.45) is 1.96. The van der Waals surface area contributed by atoms with Crippen LogP contribution in [0.2, 0.25) is 0 Å². The van der Waals surface area contributed by atoms with E-state index in [1.165, 1.54) is 0 Å². The van der Waals surface area contributed by atoms with Gasteiger partial charge in [0.05, 0.1) is 14.2 Å². The van der Waals surface area contributed by atoms with E-state index in [2.05, 4.69) is 14.8 Å². The molecular weight excluding hydrogens is 268 g/mol. The summed E-state index contributed by atoms with van der Waals surface area (Å²) in [7, 11) is 3.29. The number of ether oxygens (including phenoxy) is 2. The predicted octanol–water partition coefficient (Wildman–Crippen LogP) is 1.48. The Balaban J connectivity index is 2.00. The molecule has 0 amide bonds. The Hall–Kier alpha value is -2.08. The molecule has 112 valence electrons. The summed E-state index contributed by atoms with van der Waals surface area (Å²) in [5.74, 6) is 3.87. The highest BCUT2D eigenvalue weighted by Crippen LogP contribution is 2.31. The maximum absolute atomic E-state index is 5.76. The highest BCUT2D eigenvalue weighted by Gasteiger charge is 2.23. The van der Waals surface area contributed by atoms with Gasteiger partial charge >= 0.3 is 0 Å². The predicted molar refractivity (Wildman–Crippen MR) is 79.4 cm³/mol. The number of nitrogens with zero attached hydrogens (tertiary/aromatic N) is 3. The normalized spacial score (nSPS) is 17.4. The number of hydrogen-bond acceptors (Lipinski definition) is 5. The Morgan fingerprint density at radius 3 is 2.52 bits per heavy atom. The molecule has 1 unspecified atom stereocenters. The first-order valence-corrected chi connectivity index (χ1v) is 7.10. The zero-order valence-electron chi connectivity index (χ0n) is 12.4. The van der Waals surface area contributed by atoms with Gasteiger partial charge in [-0.1, -0.05) is 0 Å². The fraction of sp³-hybridized carbons (Fsp3) is 0.467. The fourth-order valence-corrected chi connectivity index (χ4v) is 2.74. The van der Waals surface area contributed by atoms with Gasteiger partial charge in [-0.05, 0) is 31.0 Å². The minimum absolute atomic E-state index is 0.509. The van der Waals surface area contributed by atoms with Gasteiger partial charge in [0.15, 0.2) is 5.82 Å². The highest BCUT2D eigenvalue weighted by atomic mass is 16.5. The lowest BCUT2D eigenvalue weighted by Crippen LogP contribution is -2.25. The molecule has 3 rings (SSSR count). The lowest BCUT2D eigenvalue weighted by atomic mass is 9.98. The number of benzene rings is 1. The molecule has 1 aliphatic rings. The van der Waals surface area contributed by atoms with Crippen LogP contribution in [0.3, 0.4) is 0 Å². The van der Waals surface area contributed by atoms with Crippen LogP contribution in [-0.2, 0) is 13.0 Å². The van der Waals surface area contributed by atoms with Gasteiger partial charge < -0.3 is 19.8 Å². The Morgan fingerprint density at radius 1 is 1.19 bits per heavy atom. The molecule has 1 atom stereocenters. The molecule has 2 aromatic rings. The third-order valence-electron chi connectivity index (χ3n) is 4.00. The average Bonchev–Trinajstić information content (AvgIpc) is 2.97. The number of rotatable bonds is 4. The molecule has 2 N–H and O–H groups in total. The zero-order valence-corrected chi connectivity index (χ0v) is 12.4. The summed E-state index contributed by atoms with van der Waals surface area (Å²) in [5, 5.41) is 8.67. The van der Waals surface area contributed by atoms with Crippen molar-refractivity contribution in [1.82, 2.24) is 14.8 Å². The van der Waals surface area contributed by atoms with Gasteiger partial charge in [0.1, 0.15) is 17.3 Å². The van der Waals surface area contributed by atoms with Gasteiger partial charge in [-0.25, -0.2) is 0 Å². The van der Waals surface area contributed by atoms with Crippen LogP contribution in [0.15, 0.2) is 18.2 Å². The molecule has 0 saturated carbocycles. The van der Waals surface area contributed by atoms with E-state index in [0.29, 0.717) is 12.5 Å². The van der Waals surface area contributed by atoms with Crippen molar-refractivity contribution < 1.29 is 9.47 Å². The van der Waals surface area contributed by atoms with Gasteiger partial charge in [0.25, 0.3) is 0 Å². The van der Waals surface area contributed by atoms with E-state index in [1.807, 2.05) is 18.2 Å². The van der Waals surface area contributed by atoms with Crippen molar-refractivity contribution in [3.63, 3.8) is 0 Å². The molecule has 0 spiro atoms. The number of aromatic nitrogens is 3. The Labute approximate surface area is 123 Å². The Bertz CT molecular complexity index is 616. The van der Waals surface area contributed by atoms with E-state index in [0.717, 1.165) is 48.1 Å². The van der Waals surface area contributed by atoms with E-state index >= 15 is 0 Å². The van der Waals surface area contributed by atoms with Crippen LogP contribution in [0.4, 0.5) is 0 Å². The quantitative estimate of drug-likeness (QED) is 0.922. The minimum Gasteiger partial charge on any atom is -0.497 e. The van der Waals surface area contributed by atoms with Gasteiger partial charge in [-0.2, -0.15) is 0 Å². The monoisotopic (exact) mass is 288 g/mol. The molecule has 21 heavy (non-hydrogen) atoms. The van der Waals surface area contributed by atoms with Gasteiger partial charge in [-0.3, -0.25) is 0 Å². The summed E-state index contributed by atoms with van der Waals surface area (Å²) >= 11 is 0. The smallest absolute Gasteiger partial charge is 0.164 e. The molecule has 0 bridgehead atoms. The van der Waals surface area contributed by atoms with Gasteiger partial charge in [-0.15, -0.1) is 10.2 Å². The Kier molecular flexibility index (Phi) is 3.79. The molecular formula is C15H20N4O2. The summed E-state index contributed by atoms with van der Waals surface area (Å²) in [6.45, 7) is 1.61. The third kappa shape index (κ3) is 2.58. The maximum Gasteiger partial charge on any atom is 0.164 e. The molecule has 1 aromatic heterocycles. The second kappa shape index (κ2) is 5.73. The fourth-order valence-electron chi connectivity index (χ4n) is 2.74. The molecule has 0 fully saturated rings. The van der Waals surface area contributed by atoms with Crippen LogP contribution in [0.25, 0.3) is 11.4 Å². The summed E-state index contributed by atoms with van der Waals surface area (Å²) < 4.78 is 12.8. The molecule has 6 nitrogen and oxygen atoms in total. The second-order valence-corrected chi connectivity index (χ2v) is 5.29. The van der Waals surface area contributed by atoms with E-state index in [-0.39, 0.29) is 0 Å². The van der Waals surface area contributed by atoms with Gasteiger partial charge in [0.2, 0.25) is 0 Å². The largest absolute Gasteiger partial charge is 0.497 e. The van der Waals surface area contributed by atoms with E-state index in [9.17, 15) is 0 Å². The summed E-state index contributed by atoms with van der Waals surface area (Å²) in [4.78, 5) is 0. The van der Waals surface area contributed by atoms with Crippen LogP contribution >= 0.6 is 0 Å². The number of fused-ring (bicyclic) bond motifs is 1. The van der Waals surface area contributed by atoms with E-state index < -0.39 is 0 Å². The lowest BCUT2D eigenvalue weighted by molar-refractivity contribution is 0.390. The average molecular weight is 288 g/mol. The van der Waals surface area contributed by atoms with Crippen LogP contribution in [-0.4, -0.2) is 35.5 Å².